The Morgan fingerprint density at radius 1 is 1.12 bits per heavy atom. The van der Waals surface area contributed by atoms with Crippen LogP contribution >= 0.6 is 0 Å². The van der Waals surface area contributed by atoms with Gasteiger partial charge in [-0.15, -0.1) is 0 Å². The van der Waals surface area contributed by atoms with Crippen LogP contribution in [0.15, 0.2) is 4.99 Å². The summed E-state index contributed by atoms with van der Waals surface area (Å²) in [6.45, 7) is 0.895. The van der Waals surface area contributed by atoms with Crippen LogP contribution in [-0.2, 0) is 4.74 Å². The zero-order chi connectivity index (χ0) is 11.9. The van der Waals surface area contributed by atoms with Crippen molar-refractivity contribution in [1.29, 1.82) is 0 Å². The van der Waals surface area contributed by atoms with Gasteiger partial charge in [0.25, 0.3) is 0 Å². The van der Waals surface area contributed by atoms with Crippen LogP contribution in [0.25, 0.3) is 0 Å². The molecule has 98 valence electrons. The van der Waals surface area contributed by atoms with Gasteiger partial charge in [-0.2, -0.15) is 0 Å². The molecule has 1 saturated carbocycles. The van der Waals surface area contributed by atoms with Gasteiger partial charge in [-0.25, -0.2) is 5.84 Å². The number of hydrazine groups is 1. The summed E-state index contributed by atoms with van der Waals surface area (Å²) in [5.41, 5.74) is 2.77. The first-order valence-corrected chi connectivity index (χ1v) is 7.03. The van der Waals surface area contributed by atoms with Crippen LogP contribution in [0.2, 0.25) is 0 Å². The largest absolute Gasteiger partial charge is 0.378 e. The number of nitrogens with one attached hydrogen (secondary N) is 1. The Hall–Kier alpha value is -0.610. The first-order chi connectivity index (χ1) is 8.38. The van der Waals surface area contributed by atoms with Gasteiger partial charge in [-0.1, -0.05) is 19.3 Å². The van der Waals surface area contributed by atoms with Crippen molar-refractivity contribution in [1.82, 2.24) is 5.43 Å². The minimum Gasteiger partial charge on any atom is -0.378 e. The van der Waals surface area contributed by atoms with Crippen molar-refractivity contribution in [2.45, 2.75) is 69.9 Å². The van der Waals surface area contributed by atoms with Gasteiger partial charge in [-0.3, -0.25) is 4.99 Å². The highest BCUT2D eigenvalue weighted by Gasteiger charge is 2.18. The van der Waals surface area contributed by atoms with E-state index in [1.807, 2.05) is 0 Å². The highest BCUT2D eigenvalue weighted by molar-refractivity contribution is 5.82. The molecule has 1 aliphatic carbocycles. The highest BCUT2D eigenvalue weighted by atomic mass is 16.5. The maximum Gasteiger partial charge on any atom is 0.113 e. The Balaban J connectivity index is 1.83. The fourth-order valence-corrected chi connectivity index (χ4v) is 2.76. The lowest BCUT2D eigenvalue weighted by atomic mass is 9.96. The second kappa shape index (κ2) is 6.97. The molecule has 3 N–H and O–H groups in total. The summed E-state index contributed by atoms with van der Waals surface area (Å²) in [6.07, 6.45) is 11.2. The average molecular weight is 239 g/mol. The van der Waals surface area contributed by atoms with E-state index in [0.29, 0.717) is 12.1 Å². The monoisotopic (exact) mass is 239 g/mol. The Labute approximate surface area is 104 Å². The van der Waals surface area contributed by atoms with Gasteiger partial charge in [0.2, 0.25) is 0 Å². The molecule has 1 aliphatic heterocycles. The highest BCUT2D eigenvalue weighted by Crippen LogP contribution is 2.21. The van der Waals surface area contributed by atoms with Crippen molar-refractivity contribution in [2.75, 3.05) is 6.61 Å². The second-order valence-electron chi connectivity index (χ2n) is 5.20. The summed E-state index contributed by atoms with van der Waals surface area (Å²) in [4.78, 5) is 4.75. The van der Waals surface area contributed by atoms with E-state index in [-0.39, 0.29) is 0 Å². The number of aliphatic imine (C=N–C) groups is 1. The summed E-state index contributed by atoms with van der Waals surface area (Å²) >= 11 is 0. The number of rotatable bonds is 3. The lowest BCUT2D eigenvalue weighted by molar-refractivity contribution is 0.0206. The molecule has 0 aromatic carbocycles. The lowest BCUT2D eigenvalue weighted by Gasteiger charge is -2.24. The first-order valence-electron chi connectivity index (χ1n) is 7.03. The number of hydrogen-bond acceptors (Lipinski definition) is 3. The fourth-order valence-electron chi connectivity index (χ4n) is 2.76. The zero-order valence-corrected chi connectivity index (χ0v) is 10.7. The Bertz CT molecular complexity index is 243. The Morgan fingerprint density at radius 2 is 1.88 bits per heavy atom. The maximum absolute atomic E-state index is 5.72. The molecule has 2 aliphatic rings. The maximum atomic E-state index is 5.72. The third kappa shape index (κ3) is 4.28. The van der Waals surface area contributed by atoms with Gasteiger partial charge in [-0.05, 0) is 32.1 Å². The van der Waals surface area contributed by atoms with E-state index >= 15 is 0 Å². The molecule has 1 unspecified atom stereocenters. The molecule has 1 saturated heterocycles. The molecule has 2 fully saturated rings. The number of hydrogen-bond donors (Lipinski definition) is 2. The van der Waals surface area contributed by atoms with E-state index in [1.165, 1.54) is 44.9 Å². The van der Waals surface area contributed by atoms with Crippen molar-refractivity contribution >= 4 is 5.84 Å². The summed E-state index contributed by atoms with van der Waals surface area (Å²) < 4.78 is 5.72. The molecule has 1 heterocycles. The number of nitrogens with zero attached hydrogens (tertiary/aromatic N) is 1. The smallest absolute Gasteiger partial charge is 0.113 e. The predicted molar refractivity (Wildman–Crippen MR) is 69.8 cm³/mol. The van der Waals surface area contributed by atoms with Crippen molar-refractivity contribution < 1.29 is 4.74 Å². The molecule has 2 rings (SSSR count). The molecule has 0 radical (unpaired) electrons. The van der Waals surface area contributed by atoms with Crippen LogP contribution in [0.3, 0.4) is 0 Å². The van der Waals surface area contributed by atoms with E-state index in [2.05, 4.69) is 5.43 Å². The predicted octanol–water partition coefficient (Wildman–Crippen LogP) is 2.14. The van der Waals surface area contributed by atoms with Gasteiger partial charge >= 0.3 is 0 Å². The summed E-state index contributed by atoms with van der Waals surface area (Å²) in [6, 6.07) is 0.485. The van der Waals surface area contributed by atoms with Gasteiger partial charge < -0.3 is 10.2 Å². The van der Waals surface area contributed by atoms with Crippen molar-refractivity contribution in [3.05, 3.63) is 0 Å². The molecule has 0 spiro atoms. The van der Waals surface area contributed by atoms with Crippen LogP contribution in [0, 0.1) is 0 Å². The van der Waals surface area contributed by atoms with Crippen LogP contribution in [-0.4, -0.2) is 24.6 Å². The summed E-state index contributed by atoms with van der Waals surface area (Å²) in [5, 5.41) is 0. The molecule has 0 aromatic rings. The Kier molecular flexibility index (Phi) is 5.26. The fraction of sp³-hybridized carbons (Fsp3) is 0.923. The minimum absolute atomic E-state index is 0.321. The van der Waals surface area contributed by atoms with Gasteiger partial charge in [0.1, 0.15) is 5.84 Å². The van der Waals surface area contributed by atoms with E-state index < -0.39 is 0 Å². The van der Waals surface area contributed by atoms with Crippen LogP contribution in [0.1, 0.15) is 57.8 Å². The van der Waals surface area contributed by atoms with Crippen molar-refractivity contribution in [3.8, 4) is 0 Å². The van der Waals surface area contributed by atoms with E-state index in [0.717, 1.165) is 25.3 Å². The molecule has 0 bridgehead atoms. The van der Waals surface area contributed by atoms with Gasteiger partial charge in [0.05, 0.1) is 12.1 Å². The zero-order valence-electron chi connectivity index (χ0n) is 10.7. The van der Waals surface area contributed by atoms with E-state index in [1.54, 1.807) is 0 Å². The van der Waals surface area contributed by atoms with E-state index in [9.17, 15) is 0 Å². The summed E-state index contributed by atoms with van der Waals surface area (Å²) in [7, 11) is 0. The molecule has 17 heavy (non-hydrogen) atoms. The molecule has 0 aromatic heterocycles. The Morgan fingerprint density at radius 3 is 2.53 bits per heavy atom. The summed E-state index contributed by atoms with van der Waals surface area (Å²) in [5.74, 6) is 6.50. The minimum atomic E-state index is 0.321. The third-order valence-corrected chi connectivity index (χ3v) is 3.77. The lowest BCUT2D eigenvalue weighted by Crippen LogP contribution is -2.36. The van der Waals surface area contributed by atoms with Crippen molar-refractivity contribution in [3.63, 3.8) is 0 Å². The third-order valence-electron chi connectivity index (χ3n) is 3.77. The van der Waals surface area contributed by atoms with Crippen LogP contribution < -0.4 is 11.3 Å². The molecular weight excluding hydrogens is 214 g/mol. The molecule has 1 atom stereocenters. The molecular formula is C13H25N3O. The SMILES string of the molecule is NNC(CC1CCCCO1)=NC1CCCCC1. The number of amidine groups is 1. The van der Waals surface area contributed by atoms with E-state index in [4.69, 9.17) is 15.6 Å². The molecule has 0 amide bonds. The first kappa shape index (κ1) is 12.8. The quantitative estimate of drug-likeness (QED) is 0.343. The van der Waals surface area contributed by atoms with Crippen LogP contribution in [0.5, 0.6) is 0 Å². The normalized spacial score (nSPS) is 28.1. The number of nitrogens with two attached hydrogens (primary N) is 1. The van der Waals surface area contributed by atoms with Crippen LogP contribution in [0.4, 0.5) is 0 Å². The molecule has 4 nitrogen and oxygen atoms in total. The standard InChI is InChI=1S/C13H25N3O/c14-16-13(10-12-8-4-5-9-17-12)15-11-6-2-1-3-7-11/h11-12H,1-10,14H2,(H,15,16). The van der Waals surface area contributed by atoms with Crippen molar-refractivity contribution in [2.24, 2.45) is 10.8 Å². The topological polar surface area (TPSA) is 59.6 Å². The second-order valence-corrected chi connectivity index (χ2v) is 5.20. The number of ether oxygens (including phenoxy) is 1. The molecule has 4 heteroatoms. The van der Waals surface area contributed by atoms with Gasteiger partial charge in [0.15, 0.2) is 0 Å². The van der Waals surface area contributed by atoms with Gasteiger partial charge in [0, 0.05) is 13.0 Å². The average Bonchev–Trinajstić information content (AvgIpc) is 2.40.